The normalized spacial score (nSPS) is 12.2. The second kappa shape index (κ2) is 8.77. The molecule has 0 saturated heterocycles. The number of rotatable bonds is 9. The van der Waals surface area contributed by atoms with Gasteiger partial charge in [0.25, 0.3) is 0 Å². The third-order valence-electron chi connectivity index (χ3n) is 3.00. The monoisotopic (exact) mass is 267 g/mol. The molecule has 0 radical (unpaired) electrons. The Labute approximate surface area is 115 Å². The molecule has 4 heteroatoms. The van der Waals surface area contributed by atoms with Crippen LogP contribution in [0.25, 0.3) is 0 Å². The number of ether oxygens (including phenoxy) is 2. The van der Waals surface area contributed by atoms with Gasteiger partial charge >= 0.3 is 0 Å². The van der Waals surface area contributed by atoms with Gasteiger partial charge in [-0.1, -0.05) is 19.9 Å². The van der Waals surface area contributed by atoms with Crippen LogP contribution < -0.4 is 14.8 Å². The average Bonchev–Trinajstić information content (AvgIpc) is 2.46. The topological polar surface area (TPSA) is 50.7 Å². The van der Waals surface area contributed by atoms with Crippen molar-refractivity contribution in [2.45, 2.75) is 39.3 Å². The molecule has 0 aliphatic rings. The van der Waals surface area contributed by atoms with Crippen molar-refractivity contribution < 1.29 is 14.6 Å². The summed E-state index contributed by atoms with van der Waals surface area (Å²) in [5.41, 5.74) is 1.12. The largest absolute Gasteiger partial charge is 0.493 e. The first-order valence-corrected chi connectivity index (χ1v) is 6.89. The molecule has 108 valence electrons. The van der Waals surface area contributed by atoms with Gasteiger partial charge in [-0.15, -0.1) is 0 Å². The first-order valence-electron chi connectivity index (χ1n) is 6.89. The first-order chi connectivity index (χ1) is 9.24. The van der Waals surface area contributed by atoms with Crippen LogP contribution in [0.5, 0.6) is 11.5 Å². The number of aliphatic hydroxyl groups excluding tert-OH is 1. The van der Waals surface area contributed by atoms with Gasteiger partial charge < -0.3 is 19.9 Å². The van der Waals surface area contributed by atoms with Crippen molar-refractivity contribution in [2.75, 3.05) is 20.3 Å². The summed E-state index contributed by atoms with van der Waals surface area (Å²) in [6.07, 6.45) is 1.88. The third-order valence-corrected chi connectivity index (χ3v) is 3.00. The van der Waals surface area contributed by atoms with Gasteiger partial charge in [-0.2, -0.15) is 0 Å². The molecule has 0 bridgehead atoms. The molecule has 0 aliphatic heterocycles. The Bertz CT molecular complexity index is 364. The zero-order chi connectivity index (χ0) is 14.1. The Morgan fingerprint density at radius 3 is 2.63 bits per heavy atom. The molecule has 1 aromatic carbocycles. The van der Waals surface area contributed by atoms with E-state index in [9.17, 15) is 0 Å². The molecule has 1 rings (SSSR count). The molecule has 0 aliphatic carbocycles. The van der Waals surface area contributed by atoms with Crippen LogP contribution in [0.3, 0.4) is 0 Å². The highest BCUT2D eigenvalue weighted by molar-refractivity contribution is 5.42. The lowest BCUT2D eigenvalue weighted by Crippen LogP contribution is -2.31. The van der Waals surface area contributed by atoms with E-state index in [4.69, 9.17) is 14.6 Å². The summed E-state index contributed by atoms with van der Waals surface area (Å²) in [4.78, 5) is 0. The van der Waals surface area contributed by atoms with Gasteiger partial charge in [0, 0.05) is 12.6 Å². The molecule has 2 N–H and O–H groups in total. The molecular formula is C15H25NO3. The van der Waals surface area contributed by atoms with Crippen LogP contribution in [-0.2, 0) is 6.54 Å². The van der Waals surface area contributed by atoms with Gasteiger partial charge in [-0.25, -0.2) is 0 Å². The predicted octanol–water partition coefficient (Wildman–Crippen LogP) is 2.34. The first kappa shape index (κ1) is 15.8. The van der Waals surface area contributed by atoms with E-state index in [2.05, 4.69) is 19.2 Å². The SMILES string of the molecule is CCCOc1ccc(CN[C@@H](CC)CO)cc1OC. The Morgan fingerprint density at radius 2 is 2.05 bits per heavy atom. The smallest absolute Gasteiger partial charge is 0.161 e. The Kier molecular flexibility index (Phi) is 7.30. The minimum atomic E-state index is 0.141. The number of nitrogens with one attached hydrogen (secondary N) is 1. The summed E-state index contributed by atoms with van der Waals surface area (Å²) in [5, 5.41) is 12.4. The van der Waals surface area contributed by atoms with Crippen LogP contribution in [0, 0.1) is 0 Å². The molecule has 0 fully saturated rings. The number of hydrogen-bond donors (Lipinski definition) is 2. The summed E-state index contributed by atoms with van der Waals surface area (Å²) in [6, 6.07) is 6.07. The molecule has 0 heterocycles. The summed E-state index contributed by atoms with van der Waals surface area (Å²) in [7, 11) is 1.65. The Balaban J connectivity index is 2.65. The van der Waals surface area contributed by atoms with E-state index in [0.29, 0.717) is 13.2 Å². The van der Waals surface area contributed by atoms with Crippen molar-refractivity contribution in [1.29, 1.82) is 0 Å². The van der Waals surface area contributed by atoms with Crippen molar-refractivity contribution in [3.8, 4) is 11.5 Å². The fraction of sp³-hybridized carbons (Fsp3) is 0.600. The summed E-state index contributed by atoms with van der Waals surface area (Å²) < 4.78 is 11.0. The average molecular weight is 267 g/mol. The van der Waals surface area contributed by atoms with E-state index in [-0.39, 0.29) is 12.6 Å². The van der Waals surface area contributed by atoms with Gasteiger partial charge in [0.1, 0.15) is 0 Å². The Hall–Kier alpha value is -1.26. The lowest BCUT2D eigenvalue weighted by molar-refractivity contribution is 0.238. The molecule has 19 heavy (non-hydrogen) atoms. The van der Waals surface area contributed by atoms with Crippen molar-refractivity contribution in [3.63, 3.8) is 0 Å². The number of aliphatic hydroxyl groups is 1. The molecule has 0 aromatic heterocycles. The van der Waals surface area contributed by atoms with E-state index in [1.165, 1.54) is 0 Å². The molecule has 1 atom stereocenters. The quantitative estimate of drug-likeness (QED) is 0.721. The van der Waals surface area contributed by atoms with Crippen LogP contribution in [0.4, 0.5) is 0 Å². The van der Waals surface area contributed by atoms with Crippen molar-refractivity contribution in [2.24, 2.45) is 0 Å². The highest BCUT2D eigenvalue weighted by Gasteiger charge is 2.07. The second-order valence-corrected chi connectivity index (χ2v) is 4.50. The van der Waals surface area contributed by atoms with Crippen molar-refractivity contribution >= 4 is 0 Å². The van der Waals surface area contributed by atoms with E-state index < -0.39 is 0 Å². The van der Waals surface area contributed by atoms with E-state index >= 15 is 0 Å². The zero-order valence-electron chi connectivity index (χ0n) is 12.1. The number of benzene rings is 1. The maximum atomic E-state index is 9.14. The number of methoxy groups -OCH3 is 1. The number of hydrogen-bond acceptors (Lipinski definition) is 4. The molecule has 0 amide bonds. The summed E-state index contributed by atoms with van der Waals surface area (Å²) >= 11 is 0. The highest BCUT2D eigenvalue weighted by atomic mass is 16.5. The third kappa shape index (κ3) is 5.09. The maximum absolute atomic E-state index is 9.14. The van der Waals surface area contributed by atoms with E-state index in [1.54, 1.807) is 7.11 Å². The fourth-order valence-electron chi connectivity index (χ4n) is 1.75. The molecule has 0 saturated carbocycles. The van der Waals surface area contributed by atoms with Crippen molar-refractivity contribution in [3.05, 3.63) is 23.8 Å². The Morgan fingerprint density at radius 1 is 1.26 bits per heavy atom. The van der Waals surface area contributed by atoms with Crippen LogP contribution in [-0.4, -0.2) is 31.5 Å². The zero-order valence-corrected chi connectivity index (χ0v) is 12.1. The molecule has 1 aromatic rings. The molecular weight excluding hydrogens is 242 g/mol. The van der Waals surface area contributed by atoms with Crippen LogP contribution in [0.2, 0.25) is 0 Å². The van der Waals surface area contributed by atoms with Gasteiger partial charge in [0.05, 0.1) is 20.3 Å². The summed E-state index contributed by atoms with van der Waals surface area (Å²) in [6.45, 7) is 5.69. The molecule has 0 spiro atoms. The van der Waals surface area contributed by atoms with Gasteiger partial charge in [0.15, 0.2) is 11.5 Å². The predicted molar refractivity (Wildman–Crippen MR) is 76.8 cm³/mol. The standard InChI is InChI=1S/C15H25NO3/c1-4-8-19-14-7-6-12(9-15(14)18-3)10-16-13(5-2)11-17/h6-7,9,13,16-17H,4-5,8,10-11H2,1-3H3/t13-/m0/s1. The fourth-order valence-corrected chi connectivity index (χ4v) is 1.75. The van der Waals surface area contributed by atoms with E-state index in [1.807, 2.05) is 18.2 Å². The lowest BCUT2D eigenvalue weighted by Gasteiger charge is -2.15. The maximum Gasteiger partial charge on any atom is 0.161 e. The minimum Gasteiger partial charge on any atom is -0.493 e. The van der Waals surface area contributed by atoms with Crippen molar-refractivity contribution in [1.82, 2.24) is 5.32 Å². The van der Waals surface area contributed by atoms with Crippen LogP contribution in [0.1, 0.15) is 32.3 Å². The lowest BCUT2D eigenvalue weighted by atomic mass is 10.1. The van der Waals surface area contributed by atoms with Gasteiger partial charge in [-0.3, -0.25) is 0 Å². The van der Waals surface area contributed by atoms with Gasteiger partial charge in [-0.05, 0) is 30.5 Å². The van der Waals surface area contributed by atoms with E-state index in [0.717, 1.165) is 29.9 Å². The summed E-state index contributed by atoms with van der Waals surface area (Å²) in [5.74, 6) is 1.53. The minimum absolute atomic E-state index is 0.141. The van der Waals surface area contributed by atoms with Crippen LogP contribution in [0.15, 0.2) is 18.2 Å². The molecule has 4 nitrogen and oxygen atoms in total. The molecule has 0 unspecified atom stereocenters. The van der Waals surface area contributed by atoms with Gasteiger partial charge in [0.2, 0.25) is 0 Å². The highest BCUT2D eigenvalue weighted by Crippen LogP contribution is 2.28. The van der Waals surface area contributed by atoms with Crippen LogP contribution >= 0.6 is 0 Å². The second-order valence-electron chi connectivity index (χ2n) is 4.50.